The number of carbonyl (C=O) groups excluding carboxylic acids is 4. The highest BCUT2D eigenvalue weighted by atomic mass is 32.2. The molecule has 3 heterocycles. The molecule has 2 fully saturated rings. The summed E-state index contributed by atoms with van der Waals surface area (Å²) in [6, 6.07) is 5.49. The number of carbonyl (C=O) groups is 4. The lowest BCUT2D eigenvalue weighted by Crippen LogP contribution is -2.56. The number of thiocarbonyl (C=S) groups is 1. The van der Waals surface area contributed by atoms with Crippen LogP contribution in [0.5, 0.6) is 0 Å². The number of amides is 4. The second kappa shape index (κ2) is 8.80. The molecule has 9 nitrogen and oxygen atoms in total. The minimum Gasteiger partial charge on any atom is -0.379 e. The molecule has 30 heavy (non-hydrogen) atoms. The van der Waals surface area contributed by atoms with Crippen LogP contribution in [0.4, 0.5) is 0 Å². The molecule has 0 bridgehead atoms. The van der Waals surface area contributed by atoms with Crippen LogP contribution < -0.4 is 5.43 Å². The second-order valence-electron chi connectivity index (χ2n) is 7.01. The molecule has 0 aliphatic carbocycles. The molecule has 0 radical (unpaired) electrons. The number of hydrogen-bond acceptors (Lipinski definition) is 8. The molecule has 1 N–H and O–H groups in total. The fraction of sp³-hybridized carbons (Fsp3) is 0.421. The Bertz CT molecular complexity index is 883. The van der Waals surface area contributed by atoms with Crippen LogP contribution in [-0.2, 0) is 14.3 Å². The molecular formula is C19H20N4O5S2. The molecular weight excluding hydrogens is 428 g/mol. The van der Waals surface area contributed by atoms with Gasteiger partial charge < -0.3 is 10.2 Å². The van der Waals surface area contributed by atoms with Gasteiger partial charge in [-0.05, 0) is 18.6 Å². The van der Waals surface area contributed by atoms with E-state index in [2.05, 4.69) is 5.43 Å². The number of thioether (sulfide) groups is 1. The third-order valence-corrected chi connectivity index (χ3v) is 6.39. The van der Waals surface area contributed by atoms with E-state index in [1.165, 1.54) is 0 Å². The summed E-state index contributed by atoms with van der Waals surface area (Å²) in [4.78, 5) is 52.9. The molecule has 3 aliphatic heterocycles. The smallest absolute Gasteiger partial charge is 0.262 e. The average molecular weight is 449 g/mol. The van der Waals surface area contributed by atoms with Crippen LogP contribution >= 0.6 is 24.0 Å². The topological polar surface area (TPSA) is 99.3 Å². The van der Waals surface area contributed by atoms with E-state index in [4.69, 9.17) is 17.0 Å². The van der Waals surface area contributed by atoms with Gasteiger partial charge in [-0.2, -0.15) is 0 Å². The first-order chi connectivity index (χ1) is 14.5. The maximum absolute atomic E-state index is 13.0. The van der Waals surface area contributed by atoms with Gasteiger partial charge in [0.25, 0.3) is 17.7 Å². The minimum atomic E-state index is -0.989. The van der Waals surface area contributed by atoms with Gasteiger partial charge in [-0.3, -0.25) is 29.0 Å². The molecule has 3 aliphatic rings. The zero-order chi connectivity index (χ0) is 21.3. The van der Waals surface area contributed by atoms with E-state index in [9.17, 15) is 19.2 Å². The second-order valence-corrected chi connectivity index (χ2v) is 8.63. The van der Waals surface area contributed by atoms with E-state index in [0.29, 0.717) is 30.6 Å². The summed E-state index contributed by atoms with van der Waals surface area (Å²) >= 11 is 6.45. The zero-order valence-electron chi connectivity index (χ0n) is 16.0. The highest BCUT2D eigenvalue weighted by Crippen LogP contribution is 2.29. The highest BCUT2D eigenvalue weighted by molar-refractivity contribution is 8.22. The Morgan fingerprint density at radius 3 is 2.37 bits per heavy atom. The number of nitrogens with zero attached hydrogens (tertiary/aromatic N) is 3. The molecule has 158 valence electrons. The van der Waals surface area contributed by atoms with Crippen molar-refractivity contribution in [2.24, 2.45) is 0 Å². The molecule has 4 amide bonds. The van der Waals surface area contributed by atoms with Crippen molar-refractivity contribution in [3.63, 3.8) is 0 Å². The Morgan fingerprint density at radius 2 is 1.73 bits per heavy atom. The number of piperidine rings is 1. The number of likely N-dealkylation sites (tertiary alicyclic amines) is 1. The van der Waals surface area contributed by atoms with Crippen molar-refractivity contribution >= 4 is 51.9 Å². The molecule has 0 aromatic heterocycles. The first-order valence-electron chi connectivity index (χ1n) is 9.54. The molecule has 0 saturated carbocycles. The van der Waals surface area contributed by atoms with Gasteiger partial charge >= 0.3 is 0 Å². The average Bonchev–Trinajstić information content (AvgIpc) is 3.00. The fourth-order valence-electron chi connectivity index (χ4n) is 3.65. The molecule has 1 unspecified atom stereocenters. The fourth-order valence-corrected chi connectivity index (χ4v) is 4.65. The number of rotatable bonds is 4. The van der Waals surface area contributed by atoms with Crippen molar-refractivity contribution in [3.8, 4) is 0 Å². The Kier molecular flexibility index (Phi) is 6.14. The van der Waals surface area contributed by atoms with Crippen molar-refractivity contribution in [2.75, 3.05) is 32.2 Å². The van der Waals surface area contributed by atoms with Gasteiger partial charge in [0, 0.05) is 19.5 Å². The van der Waals surface area contributed by atoms with Gasteiger partial charge in [0.2, 0.25) is 5.91 Å². The largest absolute Gasteiger partial charge is 0.379 e. The first kappa shape index (κ1) is 20.9. The number of hydrazine groups is 1. The number of benzene rings is 1. The third-order valence-electron chi connectivity index (χ3n) is 5.21. The van der Waals surface area contributed by atoms with Crippen LogP contribution in [0.25, 0.3) is 0 Å². The standard InChI is InChI=1S/C19H20N4O5S2/c24-15-6-5-14(23-16(25)12-3-1-2-4-13(12)17(23)26)18(27)22(15)11-30-19(29)20-21-7-9-28-10-8-21/h1-4,14H,5-11H2,(H,20,29). The van der Waals surface area contributed by atoms with Crippen molar-refractivity contribution in [2.45, 2.75) is 18.9 Å². The maximum Gasteiger partial charge on any atom is 0.262 e. The summed E-state index contributed by atoms with van der Waals surface area (Å²) in [7, 11) is 0. The third kappa shape index (κ3) is 3.97. The lowest BCUT2D eigenvalue weighted by Gasteiger charge is -2.34. The predicted molar refractivity (Wildman–Crippen MR) is 112 cm³/mol. The number of morpholine rings is 1. The zero-order valence-corrected chi connectivity index (χ0v) is 17.7. The number of ether oxygens (including phenoxy) is 1. The number of fused-ring (bicyclic) bond motifs is 1. The quantitative estimate of drug-likeness (QED) is 0.525. The van der Waals surface area contributed by atoms with Crippen molar-refractivity contribution < 1.29 is 23.9 Å². The predicted octanol–water partition coefficient (Wildman–Crippen LogP) is 0.613. The summed E-state index contributed by atoms with van der Waals surface area (Å²) in [5.74, 6) is -1.87. The van der Waals surface area contributed by atoms with Crippen molar-refractivity contribution in [1.82, 2.24) is 20.2 Å². The van der Waals surface area contributed by atoms with Gasteiger partial charge in [-0.25, -0.2) is 5.01 Å². The van der Waals surface area contributed by atoms with Gasteiger partial charge in [-0.15, -0.1) is 0 Å². The van der Waals surface area contributed by atoms with E-state index < -0.39 is 23.8 Å². The first-order valence-corrected chi connectivity index (χ1v) is 10.9. The molecule has 1 aromatic rings. The van der Waals surface area contributed by atoms with Crippen molar-refractivity contribution in [3.05, 3.63) is 35.4 Å². The van der Waals surface area contributed by atoms with Crippen LogP contribution in [0.3, 0.4) is 0 Å². The molecule has 0 spiro atoms. The van der Waals surface area contributed by atoms with E-state index in [1.807, 2.05) is 5.01 Å². The lowest BCUT2D eigenvalue weighted by molar-refractivity contribution is -0.150. The van der Waals surface area contributed by atoms with Crippen LogP contribution in [0.2, 0.25) is 0 Å². The normalized spacial score (nSPS) is 22.5. The minimum absolute atomic E-state index is 0.0213. The molecule has 1 atom stereocenters. The van der Waals surface area contributed by atoms with E-state index in [1.54, 1.807) is 24.3 Å². The lowest BCUT2D eigenvalue weighted by atomic mass is 10.0. The Hall–Kier alpha value is -2.34. The van der Waals surface area contributed by atoms with E-state index >= 15 is 0 Å². The summed E-state index contributed by atoms with van der Waals surface area (Å²) in [5, 5.41) is 1.92. The summed E-state index contributed by atoms with van der Waals surface area (Å²) in [6.07, 6.45) is 0.203. The number of imide groups is 2. The Balaban J connectivity index is 1.41. The molecule has 2 saturated heterocycles. The van der Waals surface area contributed by atoms with Crippen LogP contribution in [0, 0.1) is 0 Å². The molecule has 1 aromatic carbocycles. The Labute approximate surface area is 182 Å². The summed E-state index contributed by atoms with van der Waals surface area (Å²) in [6.45, 7) is 2.57. The highest BCUT2D eigenvalue weighted by Gasteiger charge is 2.46. The van der Waals surface area contributed by atoms with Gasteiger partial charge in [0.15, 0.2) is 0 Å². The maximum atomic E-state index is 13.0. The van der Waals surface area contributed by atoms with Gasteiger partial charge in [0.05, 0.1) is 30.2 Å². The van der Waals surface area contributed by atoms with Crippen molar-refractivity contribution in [1.29, 1.82) is 0 Å². The molecule has 4 rings (SSSR count). The van der Waals surface area contributed by atoms with Crippen LogP contribution in [0.1, 0.15) is 33.6 Å². The SMILES string of the molecule is O=C1CCC(N2C(=O)c3ccccc3C2=O)C(=O)N1CSC(=S)NN1CCOCC1. The van der Waals surface area contributed by atoms with E-state index in [-0.39, 0.29) is 35.8 Å². The number of nitrogens with one attached hydrogen (secondary N) is 1. The van der Waals surface area contributed by atoms with Crippen LogP contribution in [0.15, 0.2) is 24.3 Å². The number of hydrogen-bond donors (Lipinski definition) is 1. The molecule has 11 heteroatoms. The van der Waals surface area contributed by atoms with E-state index in [0.717, 1.165) is 21.6 Å². The van der Waals surface area contributed by atoms with Gasteiger partial charge in [0.1, 0.15) is 10.4 Å². The summed E-state index contributed by atoms with van der Waals surface area (Å²) in [5.41, 5.74) is 3.62. The van der Waals surface area contributed by atoms with Crippen LogP contribution in [-0.4, -0.2) is 81.0 Å². The van der Waals surface area contributed by atoms with Gasteiger partial charge in [-0.1, -0.05) is 36.1 Å². The monoisotopic (exact) mass is 448 g/mol. The summed E-state index contributed by atoms with van der Waals surface area (Å²) < 4.78 is 5.71. The Morgan fingerprint density at radius 1 is 1.10 bits per heavy atom.